The molecule has 2 atom stereocenters. The summed E-state index contributed by atoms with van der Waals surface area (Å²) in [5.74, 6) is 6.62. The zero-order valence-electron chi connectivity index (χ0n) is 21.4. The third-order valence-corrected chi connectivity index (χ3v) is 6.29. The van der Waals surface area contributed by atoms with Gasteiger partial charge in [-0.2, -0.15) is 5.10 Å². The number of ether oxygens (including phenoxy) is 2. The number of rotatable bonds is 4. The van der Waals surface area contributed by atoms with Crippen LogP contribution in [0, 0.1) is 11.8 Å². The number of nitrogens with two attached hydrogens (primary N) is 1. The fourth-order valence-electron chi connectivity index (χ4n) is 4.62. The minimum Gasteiger partial charge on any atom is -0.444 e. The van der Waals surface area contributed by atoms with Crippen molar-refractivity contribution in [2.24, 2.45) is 0 Å². The number of nitrogens with zero attached hydrogens (tertiary/aromatic N) is 6. The fourth-order valence-corrected chi connectivity index (χ4v) is 4.62. The van der Waals surface area contributed by atoms with Crippen molar-refractivity contribution in [3.63, 3.8) is 0 Å². The third-order valence-electron chi connectivity index (χ3n) is 6.29. The number of aromatic nitrogens is 6. The Bertz CT molecular complexity index is 1510. The lowest BCUT2D eigenvalue weighted by Gasteiger charge is -2.28. The molecule has 0 bridgehead atoms. The maximum atomic E-state index is 13.0. The van der Waals surface area contributed by atoms with Gasteiger partial charge in [0.05, 0.1) is 28.8 Å². The second-order valence-corrected chi connectivity index (χ2v) is 10.1. The third kappa shape index (κ3) is 5.06. The molecule has 37 heavy (non-hydrogen) atoms. The molecular formula is C26H30N8O3. The van der Waals surface area contributed by atoms with Gasteiger partial charge in [0, 0.05) is 31.9 Å². The Morgan fingerprint density at radius 3 is 2.86 bits per heavy atom. The van der Waals surface area contributed by atoms with Gasteiger partial charge in [-0.25, -0.2) is 24.4 Å². The van der Waals surface area contributed by atoms with Gasteiger partial charge < -0.3 is 25.1 Å². The summed E-state index contributed by atoms with van der Waals surface area (Å²) < 4.78 is 12.8. The summed E-state index contributed by atoms with van der Waals surface area (Å²) >= 11 is 0. The Morgan fingerprint density at radius 2 is 2.08 bits per heavy atom. The Morgan fingerprint density at radius 1 is 1.24 bits per heavy atom. The Labute approximate surface area is 214 Å². The van der Waals surface area contributed by atoms with Crippen molar-refractivity contribution >= 4 is 34.0 Å². The van der Waals surface area contributed by atoms with E-state index in [1.54, 1.807) is 18.3 Å². The molecule has 0 saturated carbocycles. The topological polar surface area (TPSA) is 137 Å². The maximum absolute atomic E-state index is 13.0. The number of carbonyl (C=O) groups is 1. The number of H-pyrrole nitrogens is 1. The number of hydrogen-bond acceptors (Lipinski definition) is 8. The zero-order valence-corrected chi connectivity index (χ0v) is 21.4. The average molecular weight is 503 g/mol. The van der Waals surface area contributed by atoms with Crippen LogP contribution in [0.3, 0.4) is 0 Å². The first kappa shape index (κ1) is 24.5. The van der Waals surface area contributed by atoms with Crippen molar-refractivity contribution in [3.05, 3.63) is 42.1 Å². The van der Waals surface area contributed by atoms with Crippen LogP contribution in [0.15, 0.2) is 30.9 Å². The molecule has 0 radical (unpaired) electrons. The van der Waals surface area contributed by atoms with E-state index in [1.165, 1.54) is 6.33 Å². The molecule has 4 heterocycles. The molecule has 11 heteroatoms. The van der Waals surface area contributed by atoms with Crippen molar-refractivity contribution in [2.45, 2.75) is 51.3 Å². The summed E-state index contributed by atoms with van der Waals surface area (Å²) in [6.45, 7) is 6.53. The zero-order chi connectivity index (χ0) is 26.2. The number of benzene rings is 1. The molecular weight excluding hydrogens is 472 g/mol. The van der Waals surface area contributed by atoms with Crippen LogP contribution in [0.1, 0.15) is 50.9 Å². The summed E-state index contributed by atoms with van der Waals surface area (Å²) in [4.78, 5) is 30.8. The van der Waals surface area contributed by atoms with Crippen LogP contribution < -0.4 is 5.73 Å². The van der Waals surface area contributed by atoms with E-state index >= 15 is 0 Å². The van der Waals surface area contributed by atoms with Gasteiger partial charge in [0.1, 0.15) is 23.4 Å². The van der Waals surface area contributed by atoms with Crippen LogP contribution in [0.2, 0.25) is 0 Å². The number of carbonyl (C=O) groups excluding carboxylic acids is 1. The Balaban J connectivity index is 1.50. The van der Waals surface area contributed by atoms with Gasteiger partial charge in [-0.1, -0.05) is 5.92 Å². The SMILES string of the molecule is COCC[C@H]1CC(n2nc(C#Cc3ccc4[nH]cnc4c3)c3c(N)ncnc32)CN1C(=O)OC(C)(C)C. The van der Waals surface area contributed by atoms with Crippen molar-refractivity contribution in [2.75, 3.05) is 26.0 Å². The largest absolute Gasteiger partial charge is 0.444 e. The molecule has 1 amide bonds. The number of imidazole rings is 1. The number of nitrogen functional groups attached to an aromatic ring is 1. The highest BCUT2D eigenvalue weighted by Crippen LogP contribution is 2.33. The van der Waals surface area contributed by atoms with E-state index in [1.807, 2.05) is 43.7 Å². The van der Waals surface area contributed by atoms with Crippen LogP contribution >= 0.6 is 0 Å². The Kier molecular flexibility index (Phi) is 6.43. The minimum atomic E-state index is -0.595. The lowest BCUT2D eigenvalue weighted by atomic mass is 10.1. The number of likely N-dealkylation sites (tertiary alicyclic amines) is 1. The summed E-state index contributed by atoms with van der Waals surface area (Å²) in [6, 6.07) is 5.57. The van der Waals surface area contributed by atoms with Crippen LogP contribution in [0.5, 0.6) is 0 Å². The van der Waals surface area contributed by atoms with Crippen molar-refractivity contribution in [1.29, 1.82) is 0 Å². The van der Waals surface area contributed by atoms with Crippen molar-refractivity contribution in [3.8, 4) is 11.8 Å². The standard InChI is InChI=1S/C26H30N8O3/c1-26(2,3)37-25(35)33-13-18(12-17(33)9-10-36-4)34-24-22(23(27)30-15-31-24)20(32-34)8-6-16-5-7-19-21(11-16)29-14-28-19/h5,7,11,14-15,17-18H,9-10,12-13H2,1-4H3,(H,28,29)(H2,27,30,31)/t17-,18?/m0/s1. The molecule has 0 aliphatic carbocycles. The highest BCUT2D eigenvalue weighted by molar-refractivity contribution is 5.90. The second-order valence-electron chi connectivity index (χ2n) is 10.1. The van der Waals surface area contributed by atoms with Crippen LogP contribution in [0.25, 0.3) is 22.1 Å². The van der Waals surface area contributed by atoms with Gasteiger partial charge in [0.15, 0.2) is 5.65 Å². The first-order valence-corrected chi connectivity index (χ1v) is 12.2. The lowest BCUT2D eigenvalue weighted by Crippen LogP contribution is -2.40. The molecule has 192 valence electrons. The van der Waals surface area contributed by atoms with Gasteiger partial charge in [-0.15, -0.1) is 0 Å². The number of nitrogens with one attached hydrogen (secondary N) is 1. The molecule has 1 aliphatic heterocycles. The van der Waals surface area contributed by atoms with Crippen molar-refractivity contribution < 1.29 is 14.3 Å². The highest BCUT2D eigenvalue weighted by Gasteiger charge is 2.39. The van der Waals surface area contributed by atoms with E-state index in [9.17, 15) is 4.79 Å². The molecule has 0 spiro atoms. The normalized spacial score (nSPS) is 17.8. The summed E-state index contributed by atoms with van der Waals surface area (Å²) in [5.41, 5.74) is 9.30. The number of hydrogen-bond donors (Lipinski definition) is 2. The van der Waals surface area contributed by atoms with Gasteiger partial charge in [0.25, 0.3) is 0 Å². The molecule has 1 fully saturated rings. The number of aromatic amines is 1. The van der Waals surface area contributed by atoms with E-state index in [2.05, 4.69) is 31.8 Å². The average Bonchev–Trinajstić information content (AvgIpc) is 3.57. The first-order valence-electron chi connectivity index (χ1n) is 12.2. The molecule has 1 unspecified atom stereocenters. The number of fused-ring (bicyclic) bond motifs is 2. The van der Waals surface area contributed by atoms with E-state index < -0.39 is 5.60 Å². The summed E-state index contributed by atoms with van der Waals surface area (Å²) in [6.07, 6.45) is 4.07. The molecule has 11 nitrogen and oxygen atoms in total. The van der Waals surface area contributed by atoms with Gasteiger partial charge >= 0.3 is 6.09 Å². The van der Waals surface area contributed by atoms with Crippen LogP contribution in [0.4, 0.5) is 10.6 Å². The monoisotopic (exact) mass is 502 g/mol. The van der Waals surface area contributed by atoms with Crippen LogP contribution in [-0.4, -0.2) is 72.6 Å². The van der Waals surface area contributed by atoms with E-state index in [0.29, 0.717) is 48.5 Å². The van der Waals surface area contributed by atoms with Gasteiger partial charge in [-0.3, -0.25) is 0 Å². The number of amides is 1. The van der Waals surface area contributed by atoms with Gasteiger partial charge in [0.2, 0.25) is 0 Å². The summed E-state index contributed by atoms with van der Waals surface area (Å²) in [7, 11) is 1.65. The van der Waals surface area contributed by atoms with Crippen LogP contribution in [-0.2, 0) is 9.47 Å². The maximum Gasteiger partial charge on any atom is 0.410 e. The van der Waals surface area contributed by atoms with Crippen molar-refractivity contribution in [1.82, 2.24) is 34.6 Å². The first-order chi connectivity index (χ1) is 17.7. The second kappa shape index (κ2) is 9.71. The number of anilines is 1. The molecule has 3 N–H and O–H groups in total. The van der Waals surface area contributed by atoms with E-state index in [4.69, 9.17) is 20.3 Å². The lowest BCUT2D eigenvalue weighted by molar-refractivity contribution is 0.0197. The molecule has 3 aromatic heterocycles. The molecule has 1 saturated heterocycles. The predicted octanol–water partition coefficient (Wildman–Crippen LogP) is 3.27. The smallest absolute Gasteiger partial charge is 0.410 e. The molecule has 1 aliphatic rings. The molecule has 4 aromatic rings. The summed E-state index contributed by atoms with van der Waals surface area (Å²) in [5, 5.41) is 5.41. The van der Waals surface area contributed by atoms with Gasteiger partial charge in [-0.05, 0) is 57.7 Å². The van der Waals surface area contributed by atoms with E-state index in [0.717, 1.165) is 16.6 Å². The predicted molar refractivity (Wildman–Crippen MR) is 139 cm³/mol. The minimum absolute atomic E-state index is 0.0617. The number of methoxy groups -OCH3 is 1. The quantitative estimate of drug-likeness (QED) is 0.406. The fraction of sp³-hybridized carbons (Fsp3) is 0.423. The van der Waals surface area contributed by atoms with E-state index in [-0.39, 0.29) is 18.2 Å². The molecule has 5 rings (SSSR count). The Hall–Kier alpha value is -4.17. The highest BCUT2D eigenvalue weighted by atomic mass is 16.6. The molecule has 1 aromatic carbocycles.